The van der Waals surface area contributed by atoms with E-state index in [0.29, 0.717) is 6.42 Å². The van der Waals surface area contributed by atoms with Crippen molar-refractivity contribution in [2.75, 3.05) is 26.4 Å². The molecule has 10 heteroatoms. The van der Waals surface area contributed by atoms with Gasteiger partial charge in [-0.1, -0.05) is 88.1 Å². The zero-order valence-corrected chi connectivity index (χ0v) is 23.3. The van der Waals surface area contributed by atoms with E-state index in [0.717, 1.165) is 44.9 Å². The number of unbranched alkanes of at least 4 members (excludes halogenated alkanes) is 4. The lowest BCUT2D eigenvalue weighted by atomic mass is 10.2. The molecule has 0 radical (unpaired) electrons. The molecule has 0 aromatic heterocycles. The second kappa shape index (κ2) is 24.3. The van der Waals surface area contributed by atoms with Crippen molar-refractivity contribution in [3.8, 4) is 0 Å². The molecule has 2 atom stereocenters. The van der Waals surface area contributed by atoms with Crippen molar-refractivity contribution in [1.29, 1.82) is 0 Å². The van der Waals surface area contributed by atoms with Gasteiger partial charge in [-0.3, -0.25) is 18.6 Å². The molecule has 0 aromatic carbocycles. The van der Waals surface area contributed by atoms with E-state index < -0.39 is 32.5 Å². The largest absolute Gasteiger partial charge is 0.472 e. The number of hydrogen-bond donors (Lipinski definition) is 2. The Labute approximate surface area is 222 Å². The van der Waals surface area contributed by atoms with Gasteiger partial charge < -0.3 is 20.1 Å². The van der Waals surface area contributed by atoms with Crippen LogP contribution >= 0.6 is 7.82 Å². The molecule has 37 heavy (non-hydrogen) atoms. The Balaban J connectivity index is 4.66. The summed E-state index contributed by atoms with van der Waals surface area (Å²) in [5.74, 6) is -1.10. The van der Waals surface area contributed by atoms with Crippen molar-refractivity contribution < 1.29 is 37.6 Å². The van der Waals surface area contributed by atoms with Crippen molar-refractivity contribution in [1.82, 2.24) is 0 Å². The number of hydrogen-bond acceptors (Lipinski definition) is 8. The highest BCUT2D eigenvalue weighted by atomic mass is 31.2. The Hall–Kier alpha value is -2.03. The minimum absolute atomic E-state index is 0.00220. The first-order chi connectivity index (χ1) is 17.8. The van der Waals surface area contributed by atoms with Crippen LogP contribution in [-0.2, 0) is 32.7 Å². The molecule has 0 saturated heterocycles. The second-order valence-corrected chi connectivity index (χ2v) is 9.68. The highest BCUT2D eigenvalue weighted by Gasteiger charge is 2.25. The average Bonchev–Trinajstić information content (AvgIpc) is 2.87. The summed E-state index contributed by atoms with van der Waals surface area (Å²) >= 11 is 0. The van der Waals surface area contributed by atoms with Crippen LogP contribution in [0.3, 0.4) is 0 Å². The van der Waals surface area contributed by atoms with E-state index in [9.17, 15) is 19.0 Å². The Morgan fingerprint density at radius 2 is 1.35 bits per heavy atom. The minimum Gasteiger partial charge on any atom is -0.461 e. The van der Waals surface area contributed by atoms with Gasteiger partial charge in [0.15, 0.2) is 6.10 Å². The first-order valence-corrected chi connectivity index (χ1v) is 14.6. The SMILES string of the molecule is CCCCC=CCC=CCC(=O)OC[C@H](COP(=O)(O)OCCN)OC(=O)CC=CCC=CCCCC. The summed E-state index contributed by atoms with van der Waals surface area (Å²) in [6.45, 7) is 3.32. The lowest BCUT2D eigenvalue weighted by Crippen LogP contribution is -2.29. The smallest absolute Gasteiger partial charge is 0.461 e. The third-order valence-corrected chi connectivity index (χ3v) is 5.74. The molecule has 3 N–H and O–H groups in total. The van der Waals surface area contributed by atoms with Crippen molar-refractivity contribution in [3.63, 3.8) is 0 Å². The maximum atomic E-state index is 12.2. The molecule has 0 fully saturated rings. The monoisotopic (exact) mass is 543 g/mol. The van der Waals surface area contributed by atoms with Crippen LogP contribution in [0.4, 0.5) is 0 Å². The van der Waals surface area contributed by atoms with Gasteiger partial charge in [0.25, 0.3) is 0 Å². The summed E-state index contributed by atoms with van der Waals surface area (Å²) in [7, 11) is -4.38. The summed E-state index contributed by atoms with van der Waals surface area (Å²) in [6, 6.07) is 0. The van der Waals surface area contributed by atoms with Gasteiger partial charge in [0, 0.05) is 6.54 Å². The summed E-state index contributed by atoms with van der Waals surface area (Å²) in [4.78, 5) is 34.0. The van der Waals surface area contributed by atoms with Crippen LogP contribution in [0.5, 0.6) is 0 Å². The third-order valence-electron chi connectivity index (χ3n) is 4.75. The van der Waals surface area contributed by atoms with Crippen LogP contribution in [0.1, 0.15) is 78.1 Å². The molecule has 1 unspecified atom stereocenters. The number of ether oxygens (including phenoxy) is 2. The molecule has 0 amide bonds. The Kier molecular flexibility index (Phi) is 23.0. The van der Waals surface area contributed by atoms with Crippen LogP contribution in [0.15, 0.2) is 48.6 Å². The van der Waals surface area contributed by atoms with Gasteiger partial charge in [0.1, 0.15) is 6.61 Å². The standard InChI is InChI=1S/C27H46NO8P/c1-3-5-7-9-11-13-15-17-19-26(29)33-23-25(24-35-37(31,32)34-22-21-28)36-27(30)20-18-16-14-12-10-8-6-4-2/h9-12,15-18,25H,3-8,13-14,19-24,28H2,1-2H3,(H,31,32)/t25-/m1/s1. The highest BCUT2D eigenvalue weighted by Crippen LogP contribution is 2.43. The van der Waals surface area contributed by atoms with E-state index in [1.807, 2.05) is 24.3 Å². The quantitative estimate of drug-likeness (QED) is 0.0720. The Bertz CT molecular complexity index is 764. The van der Waals surface area contributed by atoms with Gasteiger partial charge in [0.2, 0.25) is 0 Å². The molecule has 9 nitrogen and oxygen atoms in total. The molecule has 0 rings (SSSR count). The molecular weight excluding hydrogens is 497 g/mol. The van der Waals surface area contributed by atoms with Crippen LogP contribution in [0.25, 0.3) is 0 Å². The fourth-order valence-corrected chi connectivity index (χ4v) is 3.52. The van der Waals surface area contributed by atoms with Crippen molar-refractivity contribution >= 4 is 19.8 Å². The Morgan fingerprint density at radius 3 is 1.89 bits per heavy atom. The zero-order valence-electron chi connectivity index (χ0n) is 22.4. The Morgan fingerprint density at radius 1 is 0.811 bits per heavy atom. The van der Waals surface area contributed by atoms with Gasteiger partial charge in [-0.25, -0.2) is 4.57 Å². The van der Waals surface area contributed by atoms with E-state index in [1.54, 1.807) is 12.2 Å². The highest BCUT2D eigenvalue weighted by molar-refractivity contribution is 7.47. The molecule has 0 aliphatic heterocycles. The normalized spacial score (nSPS) is 14.6. The third kappa shape index (κ3) is 24.1. The lowest BCUT2D eigenvalue weighted by Gasteiger charge is -2.19. The number of phosphoric acid groups is 1. The molecule has 0 aromatic rings. The number of allylic oxidation sites excluding steroid dienone is 6. The van der Waals surface area contributed by atoms with Crippen LogP contribution < -0.4 is 5.73 Å². The fourth-order valence-electron chi connectivity index (χ4n) is 2.76. The zero-order chi connectivity index (χ0) is 27.6. The number of carbonyl (C=O) groups is 2. The molecule has 0 aliphatic carbocycles. The maximum Gasteiger partial charge on any atom is 0.472 e. The summed E-state index contributed by atoms with van der Waals surface area (Å²) in [5.41, 5.74) is 5.26. The summed E-state index contributed by atoms with van der Waals surface area (Å²) in [5, 5.41) is 0. The van der Waals surface area contributed by atoms with Gasteiger partial charge in [0.05, 0.1) is 26.1 Å². The van der Waals surface area contributed by atoms with Crippen LogP contribution in [0, 0.1) is 0 Å². The van der Waals surface area contributed by atoms with Crippen molar-refractivity contribution in [3.05, 3.63) is 48.6 Å². The fraction of sp³-hybridized carbons (Fsp3) is 0.630. The van der Waals surface area contributed by atoms with E-state index in [-0.39, 0.29) is 32.6 Å². The second-order valence-electron chi connectivity index (χ2n) is 8.23. The average molecular weight is 544 g/mol. The van der Waals surface area contributed by atoms with Gasteiger partial charge in [-0.2, -0.15) is 0 Å². The van der Waals surface area contributed by atoms with Crippen molar-refractivity contribution in [2.45, 2.75) is 84.2 Å². The maximum absolute atomic E-state index is 12.2. The first-order valence-electron chi connectivity index (χ1n) is 13.1. The number of carbonyl (C=O) groups excluding carboxylic acids is 2. The number of esters is 2. The molecule has 0 aliphatic rings. The summed E-state index contributed by atoms with van der Waals surface area (Å²) < 4.78 is 31.9. The molecule has 0 heterocycles. The first kappa shape index (κ1) is 35.0. The van der Waals surface area contributed by atoms with Crippen LogP contribution in [-0.4, -0.2) is 49.3 Å². The van der Waals surface area contributed by atoms with Gasteiger partial charge >= 0.3 is 19.8 Å². The molecular formula is C27H46NO8P. The van der Waals surface area contributed by atoms with Crippen molar-refractivity contribution in [2.24, 2.45) is 5.73 Å². The number of rotatable bonds is 23. The van der Waals surface area contributed by atoms with E-state index >= 15 is 0 Å². The van der Waals surface area contributed by atoms with E-state index in [1.165, 1.54) is 0 Å². The topological polar surface area (TPSA) is 134 Å². The number of phosphoric ester groups is 1. The predicted octanol–water partition coefficient (Wildman–Crippen LogP) is 5.70. The van der Waals surface area contributed by atoms with Gasteiger partial charge in [-0.15, -0.1) is 0 Å². The van der Waals surface area contributed by atoms with E-state index in [4.69, 9.17) is 19.7 Å². The lowest BCUT2D eigenvalue weighted by molar-refractivity contribution is -0.160. The predicted molar refractivity (Wildman–Crippen MR) is 146 cm³/mol. The minimum atomic E-state index is -4.38. The molecule has 0 bridgehead atoms. The van der Waals surface area contributed by atoms with E-state index in [2.05, 4.69) is 30.5 Å². The molecule has 212 valence electrons. The molecule has 0 spiro atoms. The molecule has 0 saturated carbocycles. The number of nitrogens with two attached hydrogens (primary N) is 1. The summed E-state index contributed by atoms with van der Waals surface area (Å²) in [6.07, 6.45) is 22.5. The van der Waals surface area contributed by atoms with Crippen LogP contribution in [0.2, 0.25) is 0 Å². The van der Waals surface area contributed by atoms with Gasteiger partial charge in [-0.05, 0) is 25.7 Å².